The molecule has 0 radical (unpaired) electrons. The predicted molar refractivity (Wildman–Crippen MR) is 118 cm³/mol. The number of aromatic amines is 1. The van der Waals surface area contributed by atoms with Crippen LogP contribution in [0.15, 0.2) is 55.0 Å². The van der Waals surface area contributed by atoms with Gasteiger partial charge in [0, 0.05) is 55.7 Å². The maximum absolute atomic E-state index is 13.0. The third kappa shape index (κ3) is 5.07. The molecule has 1 aromatic carbocycles. The number of rotatable bonds is 7. The Labute approximate surface area is 177 Å². The summed E-state index contributed by atoms with van der Waals surface area (Å²) in [6.07, 6.45) is 5.58. The fourth-order valence-electron chi connectivity index (χ4n) is 4.09. The molecule has 1 atom stereocenters. The van der Waals surface area contributed by atoms with E-state index in [4.69, 9.17) is 4.74 Å². The van der Waals surface area contributed by atoms with Gasteiger partial charge in [0.1, 0.15) is 0 Å². The number of hydrogen-bond acceptors (Lipinski definition) is 4. The number of benzene rings is 1. The zero-order valence-electron chi connectivity index (χ0n) is 17.8. The molecule has 158 valence electrons. The van der Waals surface area contributed by atoms with E-state index >= 15 is 0 Å². The van der Waals surface area contributed by atoms with E-state index < -0.39 is 0 Å². The van der Waals surface area contributed by atoms with Crippen LogP contribution in [0.2, 0.25) is 0 Å². The number of ether oxygens (including phenoxy) is 1. The van der Waals surface area contributed by atoms with Gasteiger partial charge in [-0.05, 0) is 35.2 Å². The molecule has 6 nitrogen and oxygen atoms in total. The Hall–Kier alpha value is -2.70. The molecule has 0 aliphatic carbocycles. The lowest BCUT2D eigenvalue weighted by Gasteiger charge is -2.26. The van der Waals surface area contributed by atoms with Gasteiger partial charge in [-0.1, -0.05) is 32.0 Å². The number of H-pyrrole nitrogens is 1. The molecule has 4 rings (SSSR count). The van der Waals surface area contributed by atoms with Crippen LogP contribution in [0.5, 0.6) is 0 Å². The normalized spacial score (nSPS) is 18.3. The highest BCUT2D eigenvalue weighted by Gasteiger charge is 2.29. The summed E-state index contributed by atoms with van der Waals surface area (Å²) in [5.74, 6) is 0.605. The van der Waals surface area contributed by atoms with Gasteiger partial charge in [0.05, 0.1) is 19.3 Å². The Morgan fingerprint density at radius 1 is 1.17 bits per heavy atom. The van der Waals surface area contributed by atoms with E-state index in [2.05, 4.69) is 53.1 Å². The van der Waals surface area contributed by atoms with Gasteiger partial charge in [-0.2, -0.15) is 0 Å². The maximum atomic E-state index is 13.0. The van der Waals surface area contributed by atoms with E-state index in [0.717, 1.165) is 30.7 Å². The van der Waals surface area contributed by atoms with Crippen molar-refractivity contribution in [3.8, 4) is 0 Å². The molecule has 0 saturated carbocycles. The number of pyridine rings is 1. The van der Waals surface area contributed by atoms with Crippen molar-refractivity contribution in [2.75, 3.05) is 26.2 Å². The second kappa shape index (κ2) is 9.41. The van der Waals surface area contributed by atoms with Crippen LogP contribution in [0, 0.1) is 5.92 Å². The van der Waals surface area contributed by atoms with Crippen molar-refractivity contribution in [2.24, 2.45) is 5.92 Å². The van der Waals surface area contributed by atoms with Crippen LogP contribution in [0.25, 0.3) is 10.9 Å². The van der Waals surface area contributed by atoms with Crippen molar-refractivity contribution in [1.29, 1.82) is 0 Å². The first-order valence-corrected chi connectivity index (χ1v) is 10.6. The van der Waals surface area contributed by atoms with Crippen molar-refractivity contribution in [1.82, 2.24) is 19.8 Å². The number of carbonyl (C=O) groups excluding carboxylic acids is 1. The number of para-hydroxylation sites is 1. The van der Waals surface area contributed by atoms with Gasteiger partial charge in [-0.3, -0.25) is 14.7 Å². The summed E-state index contributed by atoms with van der Waals surface area (Å²) >= 11 is 0. The largest absolute Gasteiger partial charge is 0.370 e. The molecule has 1 amide bonds. The van der Waals surface area contributed by atoms with Gasteiger partial charge in [-0.25, -0.2) is 0 Å². The molecule has 1 aliphatic heterocycles. The van der Waals surface area contributed by atoms with Crippen molar-refractivity contribution >= 4 is 16.8 Å². The Morgan fingerprint density at radius 3 is 2.77 bits per heavy atom. The lowest BCUT2D eigenvalue weighted by atomic mass is 10.1. The summed E-state index contributed by atoms with van der Waals surface area (Å²) < 4.78 is 6.27. The smallest absolute Gasteiger partial charge is 0.236 e. The van der Waals surface area contributed by atoms with Gasteiger partial charge in [0.15, 0.2) is 0 Å². The maximum Gasteiger partial charge on any atom is 0.236 e. The SMILES string of the molecule is CC(C)CN1C[C@@H](OCc2ccncc2)CN(Cc2c[nH]c3ccccc23)CC1=O. The van der Waals surface area contributed by atoms with Gasteiger partial charge in [-0.15, -0.1) is 0 Å². The fourth-order valence-corrected chi connectivity index (χ4v) is 4.09. The molecule has 6 heteroatoms. The van der Waals surface area contributed by atoms with E-state index in [9.17, 15) is 4.79 Å². The highest BCUT2D eigenvalue weighted by Crippen LogP contribution is 2.21. The molecule has 2 aromatic heterocycles. The summed E-state index contributed by atoms with van der Waals surface area (Å²) in [7, 11) is 0. The Balaban J connectivity index is 1.50. The Morgan fingerprint density at radius 2 is 1.97 bits per heavy atom. The van der Waals surface area contributed by atoms with Crippen LogP contribution in [-0.4, -0.2) is 58.0 Å². The average molecular weight is 407 g/mol. The molecule has 1 N–H and O–H groups in total. The zero-order valence-corrected chi connectivity index (χ0v) is 17.8. The van der Waals surface area contributed by atoms with E-state index in [1.165, 1.54) is 10.9 Å². The van der Waals surface area contributed by atoms with Crippen LogP contribution < -0.4 is 0 Å². The molecular formula is C24H30N4O2. The van der Waals surface area contributed by atoms with E-state index in [1.807, 2.05) is 23.1 Å². The summed E-state index contributed by atoms with van der Waals surface area (Å²) in [6, 6.07) is 12.2. The number of carbonyl (C=O) groups is 1. The first-order chi connectivity index (χ1) is 14.6. The third-order valence-electron chi connectivity index (χ3n) is 5.49. The van der Waals surface area contributed by atoms with Crippen molar-refractivity contribution in [3.63, 3.8) is 0 Å². The summed E-state index contributed by atoms with van der Waals surface area (Å²) in [5, 5.41) is 1.21. The Bertz CT molecular complexity index is 970. The summed E-state index contributed by atoms with van der Waals surface area (Å²) in [4.78, 5) is 24.6. The minimum atomic E-state index is -0.0337. The lowest BCUT2D eigenvalue weighted by Crippen LogP contribution is -2.40. The monoisotopic (exact) mass is 406 g/mol. The van der Waals surface area contributed by atoms with E-state index in [0.29, 0.717) is 25.6 Å². The molecule has 1 fully saturated rings. The molecule has 0 bridgehead atoms. The van der Waals surface area contributed by atoms with Crippen LogP contribution in [0.1, 0.15) is 25.0 Å². The van der Waals surface area contributed by atoms with Gasteiger partial charge in [0.25, 0.3) is 0 Å². The molecule has 1 aliphatic rings. The molecule has 0 spiro atoms. The quantitative estimate of drug-likeness (QED) is 0.653. The number of nitrogens with one attached hydrogen (secondary N) is 1. The highest BCUT2D eigenvalue weighted by molar-refractivity contribution is 5.83. The van der Waals surface area contributed by atoms with Crippen LogP contribution in [0.4, 0.5) is 0 Å². The minimum absolute atomic E-state index is 0.0337. The minimum Gasteiger partial charge on any atom is -0.370 e. The van der Waals surface area contributed by atoms with Crippen molar-refractivity contribution < 1.29 is 9.53 Å². The van der Waals surface area contributed by atoms with Gasteiger partial charge < -0.3 is 14.6 Å². The lowest BCUT2D eigenvalue weighted by molar-refractivity contribution is -0.132. The van der Waals surface area contributed by atoms with Crippen molar-refractivity contribution in [3.05, 3.63) is 66.1 Å². The predicted octanol–water partition coefficient (Wildman–Crippen LogP) is 3.45. The highest BCUT2D eigenvalue weighted by atomic mass is 16.5. The fraction of sp³-hybridized carbons (Fsp3) is 0.417. The molecule has 3 heterocycles. The van der Waals surface area contributed by atoms with Gasteiger partial charge >= 0.3 is 0 Å². The zero-order chi connectivity index (χ0) is 20.9. The standard InChI is InChI=1S/C24H30N4O2/c1-18(2)12-28-15-21(30-17-19-7-9-25-10-8-19)14-27(16-24(28)29)13-20-11-26-23-6-4-3-5-22(20)23/h3-11,18,21,26H,12-17H2,1-2H3/t21-/m0/s1. The summed E-state index contributed by atoms with van der Waals surface area (Å²) in [5.41, 5.74) is 3.43. The van der Waals surface area contributed by atoms with Crippen molar-refractivity contribution in [2.45, 2.75) is 33.1 Å². The van der Waals surface area contributed by atoms with Crippen LogP contribution >= 0.6 is 0 Å². The third-order valence-corrected chi connectivity index (χ3v) is 5.49. The molecular weight excluding hydrogens is 376 g/mol. The van der Waals surface area contributed by atoms with Gasteiger partial charge in [0.2, 0.25) is 5.91 Å². The second-order valence-electron chi connectivity index (χ2n) is 8.51. The number of nitrogens with zero attached hydrogens (tertiary/aromatic N) is 3. The molecule has 3 aromatic rings. The second-order valence-corrected chi connectivity index (χ2v) is 8.51. The Kier molecular flexibility index (Phi) is 6.45. The van der Waals surface area contributed by atoms with E-state index in [-0.39, 0.29) is 12.0 Å². The average Bonchev–Trinajstić information content (AvgIpc) is 3.08. The number of hydrogen-bond donors (Lipinski definition) is 1. The first-order valence-electron chi connectivity index (χ1n) is 10.6. The van der Waals surface area contributed by atoms with E-state index in [1.54, 1.807) is 12.4 Å². The number of amides is 1. The molecule has 30 heavy (non-hydrogen) atoms. The number of fused-ring (bicyclic) bond motifs is 1. The molecule has 0 unspecified atom stereocenters. The summed E-state index contributed by atoms with van der Waals surface area (Å²) in [6.45, 7) is 8.08. The number of aromatic nitrogens is 2. The topological polar surface area (TPSA) is 61.5 Å². The van der Waals surface area contributed by atoms with Crippen LogP contribution in [0.3, 0.4) is 0 Å². The van der Waals surface area contributed by atoms with Crippen LogP contribution in [-0.2, 0) is 22.7 Å². The molecule has 1 saturated heterocycles. The first kappa shape index (κ1) is 20.6.